The average Bonchev–Trinajstić information content (AvgIpc) is 3.02. The fourth-order valence-electron chi connectivity index (χ4n) is 2.88. The first-order valence-electron chi connectivity index (χ1n) is 7.79. The molecule has 3 heterocycles. The molecule has 9 heteroatoms. The number of piperidine rings is 1. The molecule has 25 heavy (non-hydrogen) atoms. The Hall–Kier alpha value is -2.09. The minimum absolute atomic E-state index is 0.0710. The van der Waals surface area contributed by atoms with Gasteiger partial charge >= 0.3 is 6.18 Å². The summed E-state index contributed by atoms with van der Waals surface area (Å²) in [6.07, 6.45) is -1.45. The van der Waals surface area contributed by atoms with E-state index in [0.717, 1.165) is 5.56 Å². The standard InChI is InChI=1S/C16H16ClF3N4O/c1-10-6-13(17)22-14(7-10)24-9-11(8-21-24)15(25)23-4-2-12(3-5-23)16(18,19)20/h6-9,12H,2-5H2,1H3. The summed E-state index contributed by atoms with van der Waals surface area (Å²) in [4.78, 5) is 18.1. The molecule has 1 aliphatic heterocycles. The molecule has 5 nitrogen and oxygen atoms in total. The molecule has 0 aliphatic carbocycles. The molecule has 0 radical (unpaired) electrons. The van der Waals surface area contributed by atoms with Crippen molar-refractivity contribution in [3.05, 3.63) is 40.8 Å². The zero-order valence-electron chi connectivity index (χ0n) is 13.4. The molecule has 2 aromatic heterocycles. The number of pyridine rings is 1. The van der Waals surface area contributed by atoms with Crippen molar-refractivity contribution in [1.29, 1.82) is 0 Å². The van der Waals surface area contributed by atoms with Crippen molar-refractivity contribution in [1.82, 2.24) is 19.7 Å². The van der Waals surface area contributed by atoms with E-state index in [1.165, 1.54) is 22.0 Å². The number of carbonyl (C=O) groups is 1. The Kier molecular flexibility index (Phi) is 4.73. The zero-order valence-corrected chi connectivity index (χ0v) is 14.2. The maximum atomic E-state index is 12.7. The van der Waals surface area contributed by atoms with E-state index < -0.39 is 12.1 Å². The van der Waals surface area contributed by atoms with Gasteiger partial charge in [0.2, 0.25) is 0 Å². The molecule has 3 rings (SSSR count). The summed E-state index contributed by atoms with van der Waals surface area (Å²) >= 11 is 5.92. The molecule has 0 saturated carbocycles. The highest BCUT2D eigenvalue weighted by Crippen LogP contribution is 2.34. The summed E-state index contributed by atoms with van der Waals surface area (Å²) in [5, 5.41) is 4.42. The van der Waals surface area contributed by atoms with E-state index in [-0.39, 0.29) is 31.8 Å². The third-order valence-corrected chi connectivity index (χ3v) is 4.43. The number of alkyl halides is 3. The molecule has 0 bridgehead atoms. The first kappa shape index (κ1) is 17.7. The van der Waals surface area contributed by atoms with Gasteiger partial charge in [-0.25, -0.2) is 9.67 Å². The predicted octanol–water partition coefficient (Wildman–Crippen LogP) is 3.64. The van der Waals surface area contributed by atoms with Gasteiger partial charge in [0.05, 0.1) is 17.7 Å². The van der Waals surface area contributed by atoms with Crippen LogP contribution in [0.4, 0.5) is 13.2 Å². The van der Waals surface area contributed by atoms with E-state index in [9.17, 15) is 18.0 Å². The van der Waals surface area contributed by atoms with Crippen molar-refractivity contribution < 1.29 is 18.0 Å². The fraction of sp³-hybridized carbons (Fsp3) is 0.438. The number of hydrogen-bond acceptors (Lipinski definition) is 3. The van der Waals surface area contributed by atoms with Gasteiger partial charge in [0, 0.05) is 19.3 Å². The van der Waals surface area contributed by atoms with Crippen LogP contribution in [0.25, 0.3) is 5.82 Å². The highest BCUT2D eigenvalue weighted by molar-refractivity contribution is 6.29. The topological polar surface area (TPSA) is 51.0 Å². The zero-order chi connectivity index (χ0) is 18.2. The molecule has 0 spiro atoms. The third kappa shape index (κ3) is 3.95. The van der Waals surface area contributed by atoms with Crippen molar-refractivity contribution >= 4 is 17.5 Å². The van der Waals surface area contributed by atoms with Crippen LogP contribution in [0.2, 0.25) is 5.15 Å². The highest BCUT2D eigenvalue weighted by Gasteiger charge is 2.41. The van der Waals surface area contributed by atoms with Gasteiger partial charge in [0.15, 0.2) is 5.82 Å². The lowest BCUT2D eigenvalue weighted by molar-refractivity contribution is -0.183. The van der Waals surface area contributed by atoms with Crippen LogP contribution in [0.3, 0.4) is 0 Å². The van der Waals surface area contributed by atoms with Gasteiger partial charge in [0.25, 0.3) is 5.91 Å². The molecule has 1 fully saturated rings. The quantitative estimate of drug-likeness (QED) is 0.756. The van der Waals surface area contributed by atoms with Crippen molar-refractivity contribution in [2.45, 2.75) is 25.9 Å². The Bertz CT molecular complexity index is 762. The number of aryl methyl sites for hydroxylation is 1. The molecule has 1 aliphatic rings. The summed E-state index contributed by atoms with van der Waals surface area (Å²) in [5.74, 6) is -1.19. The monoisotopic (exact) mass is 372 g/mol. The second-order valence-corrected chi connectivity index (χ2v) is 6.49. The summed E-state index contributed by atoms with van der Waals surface area (Å²) in [6.45, 7) is 2.03. The van der Waals surface area contributed by atoms with Crippen LogP contribution < -0.4 is 0 Å². The van der Waals surface area contributed by atoms with Gasteiger partial charge in [-0.05, 0) is 37.5 Å². The number of hydrogen-bond donors (Lipinski definition) is 0. The van der Waals surface area contributed by atoms with Gasteiger partial charge < -0.3 is 4.90 Å². The Balaban J connectivity index is 1.71. The Labute approximate surface area is 147 Å². The number of rotatable bonds is 2. The smallest absolute Gasteiger partial charge is 0.339 e. The first-order chi connectivity index (χ1) is 11.7. The normalized spacial score (nSPS) is 16.3. The summed E-state index contributed by atoms with van der Waals surface area (Å²) in [6, 6.07) is 3.47. The van der Waals surface area contributed by atoms with Crippen molar-refractivity contribution in [3.8, 4) is 5.82 Å². The minimum atomic E-state index is -4.20. The third-order valence-electron chi connectivity index (χ3n) is 4.23. The Morgan fingerprint density at radius 2 is 1.96 bits per heavy atom. The summed E-state index contributed by atoms with van der Waals surface area (Å²) in [5.41, 5.74) is 1.21. The lowest BCUT2D eigenvalue weighted by Crippen LogP contribution is -2.42. The molecule has 0 atom stereocenters. The first-order valence-corrected chi connectivity index (χ1v) is 8.17. The van der Waals surface area contributed by atoms with Crippen LogP contribution >= 0.6 is 11.6 Å². The van der Waals surface area contributed by atoms with Gasteiger partial charge in [-0.1, -0.05) is 11.6 Å². The largest absolute Gasteiger partial charge is 0.391 e. The number of nitrogens with zero attached hydrogens (tertiary/aromatic N) is 4. The summed E-state index contributed by atoms with van der Waals surface area (Å²) in [7, 11) is 0. The second kappa shape index (κ2) is 6.67. The summed E-state index contributed by atoms with van der Waals surface area (Å²) < 4.78 is 39.6. The minimum Gasteiger partial charge on any atom is -0.339 e. The molecule has 0 N–H and O–H groups in total. The maximum Gasteiger partial charge on any atom is 0.391 e. The van der Waals surface area contributed by atoms with Crippen molar-refractivity contribution in [3.63, 3.8) is 0 Å². The maximum absolute atomic E-state index is 12.7. The van der Waals surface area contributed by atoms with E-state index in [1.54, 1.807) is 12.1 Å². The van der Waals surface area contributed by atoms with Gasteiger partial charge in [-0.15, -0.1) is 0 Å². The van der Waals surface area contributed by atoms with Crippen LogP contribution in [0.1, 0.15) is 28.8 Å². The van der Waals surface area contributed by atoms with E-state index >= 15 is 0 Å². The van der Waals surface area contributed by atoms with E-state index in [2.05, 4.69) is 10.1 Å². The van der Waals surface area contributed by atoms with Crippen LogP contribution in [0, 0.1) is 12.8 Å². The molecule has 134 valence electrons. The Morgan fingerprint density at radius 1 is 1.28 bits per heavy atom. The van der Waals surface area contributed by atoms with Gasteiger partial charge in [0.1, 0.15) is 5.15 Å². The van der Waals surface area contributed by atoms with E-state index in [4.69, 9.17) is 11.6 Å². The molecular formula is C16H16ClF3N4O. The number of likely N-dealkylation sites (tertiary alicyclic amines) is 1. The van der Waals surface area contributed by atoms with E-state index in [1.807, 2.05) is 6.92 Å². The molecule has 1 saturated heterocycles. The van der Waals surface area contributed by atoms with Crippen LogP contribution in [-0.4, -0.2) is 44.8 Å². The SMILES string of the molecule is Cc1cc(Cl)nc(-n2cc(C(=O)N3CCC(C(F)(F)F)CC3)cn2)c1. The van der Waals surface area contributed by atoms with E-state index in [0.29, 0.717) is 16.5 Å². The van der Waals surface area contributed by atoms with Crippen molar-refractivity contribution in [2.75, 3.05) is 13.1 Å². The molecule has 0 aromatic carbocycles. The van der Waals surface area contributed by atoms with Gasteiger partial charge in [-0.3, -0.25) is 4.79 Å². The van der Waals surface area contributed by atoms with Crippen LogP contribution in [-0.2, 0) is 0 Å². The van der Waals surface area contributed by atoms with Crippen LogP contribution in [0.15, 0.2) is 24.5 Å². The Morgan fingerprint density at radius 3 is 2.56 bits per heavy atom. The molecule has 1 amide bonds. The molecular weight excluding hydrogens is 357 g/mol. The van der Waals surface area contributed by atoms with Gasteiger partial charge in [-0.2, -0.15) is 18.3 Å². The lowest BCUT2D eigenvalue weighted by atomic mass is 9.96. The second-order valence-electron chi connectivity index (χ2n) is 6.11. The average molecular weight is 373 g/mol. The van der Waals surface area contributed by atoms with Crippen molar-refractivity contribution in [2.24, 2.45) is 5.92 Å². The molecule has 0 unspecified atom stereocenters. The number of carbonyl (C=O) groups excluding carboxylic acids is 1. The number of aromatic nitrogens is 3. The molecule has 2 aromatic rings. The lowest BCUT2D eigenvalue weighted by Gasteiger charge is -2.32. The predicted molar refractivity (Wildman–Crippen MR) is 85.8 cm³/mol. The number of halogens is 4. The number of amides is 1. The fourth-order valence-corrected chi connectivity index (χ4v) is 3.13. The highest BCUT2D eigenvalue weighted by atomic mass is 35.5. The van der Waals surface area contributed by atoms with Crippen LogP contribution in [0.5, 0.6) is 0 Å².